The summed E-state index contributed by atoms with van der Waals surface area (Å²) in [5.74, 6) is 0.724. The first-order chi connectivity index (χ1) is 16.1. The number of aromatic nitrogens is 1. The van der Waals surface area contributed by atoms with Gasteiger partial charge >= 0.3 is 0 Å². The number of fused-ring (bicyclic) bond motifs is 1. The fraction of sp³-hybridized carbons (Fsp3) is 0.103. The largest absolute Gasteiger partial charge is 0.336 e. The molecule has 1 nitrogen and oxygen atoms in total. The van der Waals surface area contributed by atoms with Crippen molar-refractivity contribution in [2.75, 3.05) is 0 Å². The molecule has 0 N–H and O–H groups in total. The van der Waals surface area contributed by atoms with E-state index in [0.29, 0.717) is 0 Å². The van der Waals surface area contributed by atoms with Crippen molar-refractivity contribution < 1.29 is 4.39 Å². The van der Waals surface area contributed by atoms with Crippen molar-refractivity contribution in [3.05, 3.63) is 124 Å². The van der Waals surface area contributed by atoms with Crippen LogP contribution >= 0.6 is 27.7 Å². The van der Waals surface area contributed by atoms with E-state index in [1.807, 2.05) is 23.9 Å². The summed E-state index contributed by atoms with van der Waals surface area (Å²) in [4.78, 5) is 1.25. The van der Waals surface area contributed by atoms with Crippen molar-refractivity contribution in [1.82, 2.24) is 4.57 Å². The predicted molar refractivity (Wildman–Crippen MR) is 141 cm³/mol. The smallest absolute Gasteiger partial charge is 0.123 e. The van der Waals surface area contributed by atoms with Crippen LogP contribution in [-0.4, -0.2) is 4.57 Å². The molecule has 0 saturated carbocycles. The summed E-state index contributed by atoms with van der Waals surface area (Å²) in [6.07, 6.45) is 0. The number of aryl methyl sites for hydroxylation is 1. The normalized spacial score (nSPS) is 11.2. The van der Waals surface area contributed by atoms with Gasteiger partial charge in [0.25, 0.3) is 0 Å². The van der Waals surface area contributed by atoms with Crippen molar-refractivity contribution in [3.63, 3.8) is 0 Å². The van der Waals surface area contributed by atoms with E-state index in [2.05, 4.69) is 100 Å². The molecule has 5 rings (SSSR count). The van der Waals surface area contributed by atoms with Crippen LogP contribution in [-0.2, 0) is 12.3 Å². The molecular weight excluding hydrogens is 493 g/mol. The van der Waals surface area contributed by atoms with Crippen LogP contribution in [0.3, 0.4) is 0 Å². The van der Waals surface area contributed by atoms with Gasteiger partial charge in [0.05, 0.1) is 5.69 Å². The molecule has 4 aromatic carbocycles. The summed E-state index contributed by atoms with van der Waals surface area (Å²) in [5.41, 5.74) is 7.12. The Morgan fingerprint density at radius 1 is 0.818 bits per heavy atom. The van der Waals surface area contributed by atoms with Gasteiger partial charge in [0.2, 0.25) is 0 Å². The van der Waals surface area contributed by atoms with Crippen molar-refractivity contribution in [2.45, 2.75) is 24.1 Å². The summed E-state index contributed by atoms with van der Waals surface area (Å²) in [6, 6.07) is 32.5. The third-order valence-electron chi connectivity index (χ3n) is 5.91. The summed E-state index contributed by atoms with van der Waals surface area (Å²) >= 11 is 5.38. The number of hydrogen-bond donors (Lipinski definition) is 0. The number of hydrogen-bond acceptors (Lipinski definition) is 1. The molecule has 0 fully saturated rings. The first-order valence-electron chi connectivity index (χ1n) is 10.9. The zero-order valence-corrected chi connectivity index (χ0v) is 20.7. The second-order valence-corrected chi connectivity index (χ2v) is 10.1. The van der Waals surface area contributed by atoms with Crippen LogP contribution in [0.1, 0.15) is 16.7 Å². The van der Waals surface area contributed by atoms with Gasteiger partial charge in [0.15, 0.2) is 0 Å². The third-order valence-corrected chi connectivity index (χ3v) is 7.50. The Kier molecular flexibility index (Phi) is 6.39. The van der Waals surface area contributed by atoms with Crippen LogP contribution in [0.5, 0.6) is 0 Å². The van der Waals surface area contributed by atoms with Gasteiger partial charge in [-0.15, -0.1) is 11.8 Å². The Hall–Kier alpha value is -2.82. The molecule has 0 bridgehead atoms. The van der Waals surface area contributed by atoms with E-state index in [1.165, 1.54) is 44.6 Å². The molecular formula is C29H23BrFNS. The van der Waals surface area contributed by atoms with E-state index in [4.69, 9.17) is 0 Å². The Balaban J connectivity index is 1.58. The molecule has 0 radical (unpaired) electrons. The van der Waals surface area contributed by atoms with Crippen molar-refractivity contribution in [1.29, 1.82) is 0 Å². The minimum Gasteiger partial charge on any atom is -0.336 e. The maximum absolute atomic E-state index is 13.7. The topological polar surface area (TPSA) is 4.93 Å². The molecule has 4 heteroatoms. The highest BCUT2D eigenvalue weighted by atomic mass is 79.9. The van der Waals surface area contributed by atoms with Gasteiger partial charge in [-0.2, -0.15) is 0 Å². The SMILES string of the molecule is Cc1c(-c2ccc(F)cc2)n(Cc2ccc(Br)cc2)c2ccc(SCc3ccccc3)cc12. The molecule has 0 unspecified atom stereocenters. The number of benzene rings is 4. The lowest BCUT2D eigenvalue weighted by Crippen LogP contribution is -2.02. The van der Waals surface area contributed by atoms with Gasteiger partial charge in [-0.1, -0.05) is 58.4 Å². The van der Waals surface area contributed by atoms with Crippen LogP contribution in [0.25, 0.3) is 22.2 Å². The average molecular weight is 516 g/mol. The number of halogens is 2. The molecule has 0 aliphatic carbocycles. The second kappa shape index (κ2) is 9.58. The zero-order chi connectivity index (χ0) is 22.8. The fourth-order valence-corrected chi connectivity index (χ4v) is 5.40. The van der Waals surface area contributed by atoms with E-state index in [0.717, 1.165) is 28.0 Å². The molecule has 0 atom stereocenters. The van der Waals surface area contributed by atoms with Gasteiger partial charge in [-0.3, -0.25) is 0 Å². The zero-order valence-electron chi connectivity index (χ0n) is 18.3. The Morgan fingerprint density at radius 2 is 1.55 bits per heavy atom. The van der Waals surface area contributed by atoms with Gasteiger partial charge in [0, 0.05) is 32.6 Å². The standard InChI is InChI=1S/C29H23BrFNS/c1-20-27-17-26(33-19-22-5-3-2-4-6-22)15-16-28(27)32(18-21-7-11-24(30)12-8-21)29(20)23-9-13-25(31)14-10-23/h2-17H,18-19H2,1H3. The molecule has 0 spiro atoms. The number of thioether (sulfide) groups is 1. The first-order valence-corrected chi connectivity index (χ1v) is 12.7. The molecule has 33 heavy (non-hydrogen) atoms. The highest BCUT2D eigenvalue weighted by Crippen LogP contribution is 2.37. The lowest BCUT2D eigenvalue weighted by atomic mass is 10.1. The van der Waals surface area contributed by atoms with Gasteiger partial charge < -0.3 is 4.57 Å². The minimum absolute atomic E-state index is 0.216. The van der Waals surface area contributed by atoms with E-state index >= 15 is 0 Å². The van der Waals surface area contributed by atoms with E-state index in [9.17, 15) is 4.39 Å². The van der Waals surface area contributed by atoms with Crippen LogP contribution in [0.2, 0.25) is 0 Å². The molecule has 5 aromatic rings. The summed E-state index contributed by atoms with van der Waals surface area (Å²) in [7, 11) is 0. The lowest BCUT2D eigenvalue weighted by Gasteiger charge is -2.13. The Labute approximate surface area is 206 Å². The third kappa shape index (κ3) is 4.78. The van der Waals surface area contributed by atoms with Crippen LogP contribution in [0, 0.1) is 12.7 Å². The Bertz CT molecular complexity index is 1390. The molecule has 0 saturated heterocycles. The van der Waals surface area contributed by atoms with Crippen LogP contribution in [0.15, 0.2) is 106 Å². The summed E-state index contributed by atoms with van der Waals surface area (Å²) < 4.78 is 17.1. The molecule has 164 valence electrons. The lowest BCUT2D eigenvalue weighted by molar-refractivity contribution is 0.628. The van der Waals surface area contributed by atoms with Gasteiger partial charge in [-0.05, 0) is 83.8 Å². The maximum atomic E-state index is 13.7. The van der Waals surface area contributed by atoms with Crippen molar-refractivity contribution in [3.8, 4) is 11.3 Å². The van der Waals surface area contributed by atoms with Crippen LogP contribution in [0.4, 0.5) is 4.39 Å². The highest BCUT2D eigenvalue weighted by molar-refractivity contribution is 9.10. The quantitative estimate of drug-likeness (QED) is 0.204. The molecule has 0 aliphatic heterocycles. The van der Waals surface area contributed by atoms with Crippen LogP contribution < -0.4 is 0 Å². The van der Waals surface area contributed by atoms with Crippen molar-refractivity contribution >= 4 is 38.6 Å². The first kappa shape index (κ1) is 22.0. The van der Waals surface area contributed by atoms with Gasteiger partial charge in [-0.25, -0.2) is 4.39 Å². The van der Waals surface area contributed by atoms with E-state index in [-0.39, 0.29) is 5.82 Å². The monoisotopic (exact) mass is 515 g/mol. The molecule has 0 amide bonds. The molecule has 0 aliphatic rings. The number of rotatable bonds is 6. The minimum atomic E-state index is -0.216. The number of nitrogens with zero attached hydrogens (tertiary/aromatic N) is 1. The van der Waals surface area contributed by atoms with E-state index in [1.54, 1.807) is 0 Å². The Morgan fingerprint density at radius 3 is 2.27 bits per heavy atom. The van der Waals surface area contributed by atoms with Gasteiger partial charge in [0.1, 0.15) is 5.82 Å². The molecule has 1 heterocycles. The second-order valence-electron chi connectivity index (χ2n) is 8.15. The average Bonchev–Trinajstić information content (AvgIpc) is 3.11. The summed E-state index contributed by atoms with van der Waals surface area (Å²) in [6.45, 7) is 2.92. The molecule has 1 aromatic heterocycles. The predicted octanol–water partition coefficient (Wildman–Crippen LogP) is 8.86. The maximum Gasteiger partial charge on any atom is 0.123 e. The summed E-state index contributed by atoms with van der Waals surface area (Å²) in [5, 5.41) is 1.24. The highest BCUT2D eigenvalue weighted by Gasteiger charge is 2.17. The van der Waals surface area contributed by atoms with Crippen molar-refractivity contribution in [2.24, 2.45) is 0 Å². The fourth-order valence-electron chi connectivity index (χ4n) is 4.25. The van der Waals surface area contributed by atoms with E-state index < -0.39 is 0 Å².